The number of nitrogens with one attached hydrogen (secondary N) is 1. The molecule has 0 aliphatic carbocycles. The normalized spacial score (nSPS) is 10.4. The van der Waals surface area contributed by atoms with Crippen molar-refractivity contribution in [1.29, 1.82) is 0 Å². The quantitative estimate of drug-likeness (QED) is 0.863. The maximum Gasteiger partial charge on any atom is 0.338 e. The minimum absolute atomic E-state index is 0.143. The number of aryl methyl sites for hydroxylation is 1. The number of anilines is 1. The van der Waals surface area contributed by atoms with Gasteiger partial charge in [0, 0.05) is 10.3 Å². The average Bonchev–Trinajstić information content (AvgIpc) is 2.95. The highest BCUT2D eigenvalue weighted by atomic mass is 79.9. The molecule has 2 heterocycles. The molecular formula is C12H10BrNO3S2. The van der Waals surface area contributed by atoms with Crippen molar-refractivity contribution in [3.8, 4) is 0 Å². The molecule has 100 valence electrons. The van der Waals surface area contributed by atoms with E-state index in [-0.39, 0.29) is 11.5 Å². The summed E-state index contributed by atoms with van der Waals surface area (Å²) in [6.45, 7) is 1.94. The second kappa shape index (κ2) is 5.85. The van der Waals surface area contributed by atoms with Crippen LogP contribution in [0.5, 0.6) is 0 Å². The molecule has 4 nitrogen and oxygen atoms in total. The van der Waals surface area contributed by atoms with Crippen molar-refractivity contribution in [3.05, 3.63) is 37.3 Å². The van der Waals surface area contributed by atoms with E-state index in [2.05, 4.69) is 21.2 Å². The van der Waals surface area contributed by atoms with Gasteiger partial charge in [-0.3, -0.25) is 4.79 Å². The molecule has 0 aliphatic heterocycles. The molecule has 2 rings (SSSR count). The fourth-order valence-corrected chi connectivity index (χ4v) is 3.59. The Kier molecular flexibility index (Phi) is 4.38. The summed E-state index contributed by atoms with van der Waals surface area (Å²) in [4.78, 5) is 24.0. The van der Waals surface area contributed by atoms with Crippen LogP contribution in [0.3, 0.4) is 0 Å². The molecule has 0 aromatic carbocycles. The summed E-state index contributed by atoms with van der Waals surface area (Å²) >= 11 is 5.99. The highest BCUT2D eigenvalue weighted by Gasteiger charge is 2.17. The smallest absolute Gasteiger partial charge is 0.338 e. The lowest BCUT2D eigenvalue weighted by molar-refractivity contribution is 0.0698. The number of halogens is 1. The molecule has 2 aromatic heterocycles. The molecule has 7 heteroatoms. The van der Waals surface area contributed by atoms with Crippen molar-refractivity contribution in [2.24, 2.45) is 0 Å². The molecule has 2 N–H and O–H groups in total. The minimum atomic E-state index is -1.03. The van der Waals surface area contributed by atoms with Crippen molar-refractivity contribution >= 4 is 55.5 Å². The first kappa shape index (κ1) is 14.2. The second-order valence-electron chi connectivity index (χ2n) is 3.71. The third-order valence-electron chi connectivity index (χ3n) is 2.42. The SMILES string of the molecule is CCc1cc(C(=O)O)c(NC(=O)c2csc(Br)c2)s1. The van der Waals surface area contributed by atoms with Crippen LogP contribution in [0.25, 0.3) is 0 Å². The average molecular weight is 360 g/mol. The molecule has 2 aromatic rings. The highest BCUT2D eigenvalue weighted by Crippen LogP contribution is 2.29. The van der Waals surface area contributed by atoms with Gasteiger partial charge in [-0.2, -0.15) is 0 Å². The minimum Gasteiger partial charge on any atom is -0.478 e. The van der Waals surface area contributed by atoms with Crippen LogP contribution in [0.15, 0.2) is 21.3 Å². The monoisotopic (exact) mass is 359 g/mol. The van der Waals surface area contributed by atoms with Gasteiger partial charge in [-0.1, -0.05) is 6.92 Å². The predicted molar refractivity (Wildman–Crippen MR) is 80.6 cm³/mol. The van der Waals surface area contributed by atoms with Gasteiger partial charge in [0.25, 0.3) is 5.91 Å². The maximum atomic E-state index is 12.0. The number of carboxylic acid groups (broad SMARTS) is 1. The van der Waals surface area contributed by atoms with Crippen molar-refractivity contribution in [3.63, 3.8) is 0 Å². The van der Waals surface area contributed by atoms with Crippen LogP contribution in [0, 0.1) is 0 Å². The first-order valence-corrected chi connectivity index (χ1v) is 7.91. The molecule has 0 unspecified atom stereocenters. The zero-order chi connectivity index (χ0) is 14.0. The summed E-state index contributed by atoms with van der Waals surface area (Å²) in [5.74, 6) is -1.33. The molecule has 19 heavy (non-hydrogen) atoms. The topological polar surface area (TPSA) is 66.4 Å². The van der Waals surface area contributed by atoms with Crippen LogP contribution in [-0.2, 0) is 6.42 Å². The van der Waals surface area contributed by atoms with Crippen LogP contribution in [0.1, 0.15) is 32.5 Å². The van der Waals surface area contributed by atoms with E-state index in [0.29, 0.717) is 10.6 Å². The lowest BCUT2D eigenvalue weighted by Crippen LogP contribution is -2.12. The van der Waals surface area contributed by atoms with Crippen LogP contribution in [0.2, 0.25) is 0 Å². The predicted octanol–water partition coefficient (Wildman–Crippen LogP) is 4.09. The summed E-state index contributed by atoms with van der Waals surface area (Å²) in [6, 6.07) is 3.31. The van der Waals surface area contributed by atoms with E-state index in [1.165, 1.54) is 22.7 Å². The Balaban J connectivity index is 2.25. The fourth-order valence-electron chi connectivity index (χ4n) is 1.47. The number of aromatic carboxylic acids is 1. The lowest BCUT2D eigenvalue weighted by atomic mass is 10.2. The van der Waals surface area contributed by atoms with Gasteiger partial charge in [-0.15, -0.1) is 22.7 Å². The largest absolute Gasteiger partial charge is 0.478 e. The molecule has 0 fully saturated rings. The molecule has 0 radical (unpaired) electrons. The van der Waals surface area contributed by atoms with E-state index < -0.39 is 5.97 Å². The zero-order valence-corrected chi connectivity index (χ0v) is 13.1. The second-order valence-corrected chi connectivity index (χ2v) is 7.14. The van der Waals surface area contributed by atoms with Gasteiger partial charge in [0.05, 0.1) is 14.9 Å². The van der Waals surface area contributed by atoms with Gasteiger partial charge < -0.3 is 10.4 Å². The molecular weight excluding hydrogens is 350 g/mol. The summed E-state index contributed by atoms with van der Waals surface area (Å²) in [6.07, 6.45) is 0.741. The number of carbonyl (C=O) groups excluding carboxylic acids is 1. The van der Waals surface area contributed by atoms with E-state index in [1.54, 1.807) is 17.5 Å². The van der Waals surface area contributed by atoms with Crippen molar-refractivity contribution in [2.75, 3.05) is 5.32 Å². The maximum absolute atomic E-state index is 12.0. The molecule has 0 saturated carbocycles. The Labute approximate surface area is 126 Å². The van der Waals surface area contributed by atoms with Gasteiger partial charge in [-0.05, 0) is 34.5 Å². The molecule has 0 spiro atoms. The third kappa shape index (κ3) is 3.23. The molecule has 0 bridgehead atoms. The zero-order valence-electron chi connectivity index (χ0n) is 9.90. The Hall–Kier alpha value is -1.18. The molecule has 0 atom stereocenters. The van der Waals surface area contributed by atoms with Crippen molar-refractivity contribution < 1.29 is 14.7 Å². The number of carbonyl (C=O) groups is 2. The Bertz CT molecular complexity index is 633. The first-order chi connectivity index (χ1) is 9.01. The number of hydrogen-bond donors (Lipinski definition) is 2. The highest BCUT2D eigenvalue weighted by molar-refractivity contribution is 9.11. The Morgan fingerprint density at radius 1 is 1.42 bits per heavy atom. The van der Waals surface area contributed by atoms with Crippen molar-refractivity contribution in [2.45, 2.75) is 13.3 Å². The van der Waals surface area contributed by atoms with Crippen molar-refractivity contribution in [1.82, 2.24) is 0 Å². The van der Waals surface area contributed by atoms with Crippen LogP contribution >= 0.6 is 38.6 Å². The standard InChI is InChI=1S/C12H10BrNO3S2/c1-2-7-4-8(12(16)17)11(19-7)14-10(15)6-3-9(13)18-5-6/h3-5H,2H2,1H3,(H,14,15)(H,16,17). The number of amides is 1. The van der Waals surface area contributed by atoms with Gasteiger partial charge in [0.15, 0.2) is 0 Å². The van der Waals surface area contributed by atoms with E-state index in [4.69, 9.17) is 5.11 Å². The summed E-state index contributed by atoms with van der Waals surface area (Å²) < 4.78 is 0.858. The van der Waals surface area contributed by atoms with Gasteiger partial charge >= 0.3 is 5.97 Å². The fraction of sp³-hybridized carbons (Fsp3) is 0.167. The number of carboxylic acids is 1. The Morgan fingerprint density at radius 2 is 2.16 bits per heavy atom. The summed E-state index contributed by atoms with van der Waals surface area (Å²) in [5.41, 5.74) is 0.657. The van der Waals surface area contributed by atoms with E-state index in [1.807, 2.05) is 6.92 Å². The number of hydrogen-bond acceptors (Lipinski definition) is 4. The Morgan fingerprint density at radius 3 is 2.68 bits per heavy atom. The van der Waals surface area contributed by atoms with Gasteiger partial charge in [-0.25, -0.2) is 4.79 Å². The summed E-state index contributed by atoms with van der Waals surface area (Å²) in [5, 5.41) is 13.9. The first-order valence-electron chi connectivity index (χ1n) is 5.42. The summed E-state index contributed by atoms with van der Waals surface area (Å²) in [7, 11) is 0. The molecule has 0 aliphatic rings. The van der Waals surface area contributed by atoms with Crippen LogP contribution in [-0.4, -0.2) is 17.0 Å². The van der Waals surface area contributed by atoms with E-state index in [9.17, 15) is 9.59 Å². The number of thiophene rings is 2. The van der Waals surface area contributed by atoms with Gasteiger partial charge in [0.2, 0.25) is 0 Å². The van der Waals surface area contributed by atoms with Crippen LogP contribution < -0.4 is 5.32 Å². The molecule has 1 amide bonds. The lowest BCUT2D eigenvalue weighted by Gasteiger charge is -2.01. The van der Waals surface area contributed by atoms with Crippen LogP contribution in [0.4, 0.5) is 5.00 Å². The molecule has 0 saturated heterocycles. The van der Waals surface area contributed by atoms with E-state index in [0.717, 1.165) is 15.1 Å². The number of rotatable bonds is 4. The third-order valence-corrected chi connectivity index (χ3v) is 5.12. The van der Waals surface area contributed by atoms with Gasteiger partial charge in [0.1, 0.15) is 5.00 Å². The van der Waals surface area contributed by atoms with E-state index >= 15 is 0 Å².